The van der Waals surface area contributed by atoms with Gasteiger partial charge < -0.3 is 4.90 Å². The van der Waals surface area contributed by atoms with Gasteiger partial charge in [0.25, 0.3) is 0 Å². The van der Waals surface area contributed by atoms with E-state index >= 15 is 0 Å². The number of benzene rings is 2. The van der Waals surface area contributed by atoms with Gasteiger partial charge in [-0.1, -0.05) is 24.3 Å². The molecule has 0 N–H and O–H groups in total. The Kier molecular flexibility index (Phi) is 3.75. The first-order chi connectivity index (χ1) is 10.6. The van der Waals surface area contributed by atoms with E-state index in [1.807, 2.05) is 19.1 Å². The molecule has 0 saturated carbocycles. The highest BCUT2D eigenvalue weighted by Crippen LogP contribution is 2.31. The summed E-state index contributed by atoms with van der Waals surface area (Å²) in [5.74, 6) is -0.319. The predicted molar refractivity (Wildman–Crippen MR) is 82.6 cm³/mol. The molecule has 1 aliphatic rings. The molecule has 0 saturated heterocycles. The molecule has 112 valence electrons. The maximum Gasteiger partial charge on any atom is 0.231 e. The smallest absolute Gasteiger partial charge is 0.231 e. The summed E-state index contributed by atoms with van der Waals surface area (Å²) in [5.41, 5.74) is 3.00. The predicted octanol–water partition coefficient (Wildman–Crippen LogP) is 3.30. The molecule has 2 aromatic carbocycles. The number of para-hydroxylation sites is 1. The van der Waals surface area contributed by atoms with Gasteiger partial charge in [-0.2, -0.15) is 0 Å². The lowest BCUT2D eigenvalue weighted by Crippen LogP contribution is -2.38. The third-order valence-corrected chi connectivity index (χ3v) is 3.94. The lowest BCUT2D eigenvalue weighted by molar-refractivity contribution is -0.118. The number of anilines is 1. The van der Waals surface area contributed by atoms with Crippen molar-refractivity contribution in [1.29, 1.82) is 0 Å². The van der Waals surface area contributed by atoms with Crippen molar-refractivity contribution in [1.82, 2.24) is 0 Å². The number of hydrogen-bond acceptors (Lipinski definition) is 2. The van der Waals surface area contributed by atoms with Crippen molar-refractivity contribution in [2.24, 2.45) is 0 Å². The minimum Gasteiger partial charge on any atom is -0.311 e. The molecule has 1 amide bonds. The zero-order valence-electron chi connectivity index (χ0n) is 12.3. The average molecular weight is 297 g/mol. The van der Waals surface area contributed by atoms with Crippen molar-refractivity contribution in [2.75, 3.05) is 11.4 Å². The molecule has 0 atom stereocenters. The summed E-state index contributed by atoms with van der Waals surface area (Å²) in [4.78, 5) is 26.3. The number of carbonyl (C=O) groups is 2. The number of aryl methyl sites for hydroxylation is 1. The van der Waals surface area contributed by atoms with Crippen molar-refractivity contribution in [3.63, 3.8) is 0 Å². The fourth-order valence-corrected chi connectivity index (χ4v) is 2.82. The molecule has 0 unspecified atom stereocenters. The van der Waals surface area contributed by atoms with Crippen LogP contribution in [0.15, 0.2) is 42.5 Å². The van der Waals surface area contributed by atoms with E-state index in [1.165, 1.54) is 12.1 Å². The maximum absolute atomic E-state index is 12.9. The highest BCUT2D eigenvalue weighted by molar-refractivity contribution is 6.09. The Labute approximate surface area is 128 Å². The molecular formula is C18H16FNO2. The molecule has 0 aliphatic carbocycles. The van der Waals surface area contributed by atoms with Crippen LogP contribution in [0.5, 0.6) is 0 Å². The molecule has 0 spiro atoms. The molecule has 2 aromatic rings. The van der Waals surface area contributed by atoms with Crippen LogP contribution in [0.4, 0.5) is 10.1 Å². The first-order valence-electron chi connectivity index (χ1n) is 7.24. The Hall–Kier alpha value is -2.49. The standard InChI is InChI=1S/C18H16FNO2/c1-12-3-2-4-15-16(21)9-10-20(18(12)15)17(22)11-13-5-7-14(19)8-6-13/h2-8H,9-11H2,1H3. The van der Waals surface area contributed by atoms with Crippen LogP contribution in [-0.4, -0.2) is 18.2 Å². The summed E-state index contributed by atoms with van der Waals surface area (Å²) in [6.07, 6.45) is 0.536. The van der Waals surface area contributed by atoms with Crippen LogP contribution in [0.2, 0.25) is 0 Å². The lowest BCUT2D eigenvalue weighted by atomic mass is 9.96. The van der Waals surface area contributed by atoms with Gasteiger partial charge in [-0.3, -0.25) is 9.59 Å². The first kappa shape index (κ1) is 14.4. The van der Waals surface area contributed by atoms with Crippen LogP contribution in [0.25, 0.3) is 0 Å². The number of ketones is 1. The first-order valence-corrected chi connectivity index (χ1v) is 7.24. The zero-order chi connectivity index (χ0) is 15.7. The molecule has 0 bridgehead atoms. The summed E-state index contributed by atoms with van der Waals surface area (Å²) < 4.78 is 12.9. The van der Waals surface area contributed by atoms with E-state index in [2.05, 4.69) is 0 Å². The normalized spacial score (nSPS) is 13.9. The number of carbonyl (C=O) groups excluding carboxylic acids is 2. The van der Waals surface area contributed by atoms with E-state index < -0.39 is 0 Å². The number of rotatable bonds is 2. The zero-order valence-corrected chi connectivity index (χ0v) is 12.3. The van der Waals surface area contributed by atoms with Gasteiger partial charge in [0.05, 0.1) is 12.1 Å². The van der Waals surface area contributed by atoms with E-state index in [0.29, 0.717) is 24.2 Å². The second-order valence-electron chi connectivity index (χ2n) is 5.49. The average Bonchev–Trinajstić information content (AvgIpc) is 2.51. The summed E-state index contributed by atoms with van der Waals surface area (Å²) >= 11 is 0. The van der Waals surface area contributed by atoms with Gasteiger partial charge in [-0.25, -0.2) is 4.39 Å². The van der Waals surface area contributed by atoms with E-state index in [0.717, 1.165) is 11.1 Å². The lowest BCUT2D eigenvalue weighted by Gasteiger charge is -2.30. The Balaban J connectivity index is 1.89. The fourth-order valence-electron chi connectivity index (χ4n) is 2.82. The number of amides is 1. The number of hydrogen-bond donors (Lipinski definition) is 0. The van der Waals surface area contributed by atoms with Crippen molar-refractivity contribution in [3.05, 3.63) is 65.0 Å². The third-order valence-electron chi connectivity index (χ3n) is 3.94. The summed E-state index contributed by atoms with van der Waals surface area (Å²) in [7, 11) is 0. The van der Waals surface area contributed by atoms with Crippen molar-refractivity contribution < 1.29 is 14.0 Å². The van der Waals surface area contributed by atoms with Crippen LogP contribution in [-0.2, 0) is 11.2 Å². The fraction of sp³-hybridized carbons (Fsp3) is 0.222. The van der Waals surface area contributed by atoms with E-state index in [4.69, 9.17) is 0 Å². The molecule has 1 heterocycles. The molecule has 1 aliphatic heterocycles. The molecule has 0 radical (unpaired) electrons. The van der Waals surface area contributed by atoms with Gasteiger partial charge in [-0.05, 0) is 36.2 Å². The molecule has 3 rings (SSSR count). The van der Waals surface area contributed by atoms with E-state index in [-0.39, 0.29) is 23.9 Å². The monoisotopic (exact) mass is 297 g/mol. The summed E-state index contributed by atoms with van der Waals surface area (Å²) in [6, 6.07) is 11.4. The topological polar surface area (TPSA) is 37.4 Å². The van der Waals surface area contributed by atoms with Crippen LogP contribution >= 0.6 is 0 Å². The van der Waals surface area contributed by atoms with Gasteiger partial charge >= 0.3 is 0 Å². The quantitative estimate of drug-likeness (QED) is 0.853. The maximum atomic E-state index is 12.9. The van der Waals surface area contributed by atoms with Gasteiger partial charge in [0.1, 0.15) is 5.82 Å². The van der Waals surface area contributed by atoms with Crippen molar-refractivity contribution in [2.45, 2.75) is 19.8 Å². The Morgan fingerprint density at radius 3 is 2.64 bits per heavy atom. The minimum atomic E-state index is -0.319. The Morgan fingerprint density at radius 1 is 1.18 bits per heavy atom. The Morgan fingerprint density at radius 2 is 1.91 bits per heavy atom. The van der Waals surface area contributed by atoms with Crippen LogP contribution in [0.3, 0.4) is 0 Å². The summed E-state index contributed by atoms with van der Waals surface area (Å²) in [6.45, 7) is 2.30. The van der Waals surface area contributed by atoms with Crippen LogP contribution in [0.1, 0.15) is 27.9 Å². The van der Waals surface area contributed by atoms with Gasteiger partial charge in [0, 0.05) is 18.5 Å². The van der Waals surface area contributed by atoms with Gasteiger partial charge in [-0.15, -0.1) is 0 Å². The molecule has 3 nitrogen and oxygen atoms in total. The number of halogens is 1. The van der Waals surface area contributed by atoms with E-state index in [9.17, 15) is 14.0 Å². The molecule has 0 aromatic heterocycles. The second-order valence-corrected chi connectivity index (χ2v) is 5.49. The van der Waals surface area contributed by atoms with Gasteiger partial charge in [0.15, 0.2) is 5.78 Å². The summed E-state index contributed by atoms with van der Waals surface area (Å²) in [5, 5.41) is 0. The third kappa shape index (κ3) is 2.64. The van der Waals surface area contributed by atoms with Crippen LogP contribution in [0, 0.1) is 12.7 Å². The van der Waals surface area contributed by atoms with Crippen molar-refractivity contribution in [3.8, 4) is 0 Å². The number of nitrogens with zero attached hydrogens (tertiary/aromatic N) is 1. The highest BCUT2D eigenvalue weighted by Gasteiger charge is 2.28. The molecule has 4 heteroatoms. The molecule has 22 heavy (non-hydrogen) atoms. The molecule has 0 fully saturated rings. The second kappa shape index (κ2) is 5.72. The number of fused-ring (bicyclic) bond motifs is 1. The largest absolute Gasteiger partial charge is 0.311 e. The minimum absolute atomic E-state index is 0.0736. The Bertz CT molecular complexity index is 737. The van der Waals surface area contributed by atoms with Crippen LogP contribution < -0.4 is 4.90 Å². The van der Waals surface area contributed by atoms with Gasteiger partial charge in [0.2, 0.25) is 5.91 Å². The SMILES string of the molecule is Cc1cccc2c1N(C(=O)Cc1ccc(F)cc1)CCC2=O. The molecular weight excluding hydrogens is 281 g/mol. The van der Waals surface area contributed by atoms with E-state index in [1.54, 1.807) is 23.1 Å². The number of Topliss-reactive ketones (excluding diaryl/α,β-unsaturated/α-hetero) is 1. The highest BCUT2D eigenvalue weighted by atomic mass is 19.1. The van der Waals surface area contributed by atoms with Crippen molar-refractivity contribution >= 4 is 17.4 Å².